The molecule has 1 rings (SSSR count). The van der Waals surface area contributed by atoms with Crippen LogP contribution in [0.15, 0.2) is 18.5 Å². The minimum atomic E-state index is -0.0498. The SMILES string of the molecule is CCN(C)C(=O)c1ccncc1C#CCN. The van der Waals surface area contributed by atoms with Crippen LogP contribution in [-0.4, -0.2) is 35.9 Å². The highest BCUT2D eigenvalue weighted by Crippen LogP contribution is 2.08. The van der Waals surface area contributed by atoms with Crippen molar-refractivity contribution in [1.29, 1.82) is 0 Å². The zero-order chi connectivity index (χ0) is 12.0. The van der Waals surface area contributed by atoms with Crippen molar-refractivity contribution in [2.45, 2.75) is 6.92 Å². The van der Waals surface area contributed by atoms with Crippen LogP contribution < -0.4 is 5.73 Å². The second-order valence-corrected chi connectivity index (χ2v) is 3.25. The Hall–Kier alpha value is -1.86. The van der Waals surface area contributed by atoms with Crippen LogP contribution in [-0.2, 0) is 0 Å². The Morgan fingerprint density at radius 1 is 1.62 bits per heavy atom. The number of nitrogens with zero attached hydrogens (tertiary/aromatic N) is 2. The van der Waals surface area contributed by atoms with E-state index in [0.29, 0.717) is 17.7 Å². The third kappa shape index (κ3) is 2.81. The summed E-state index contributed by atoms with van der Waals surface area (Å²) in [6, 6.07) is 1.68. The van der Waals surface area contributed by atoms with Crippen LogP contribution in [0, 0.1) is 11.8 Å². The molecule has 1 aromatic heterocycles. The van der Waals surface area contributed by atoms with E-state index in [1.807, 2.05) is 6.92 Å². The molecule has 16 heavy (non-hydrogen) atoms. The van der Waals surface area contributed by atoms with Crippen LogP contribution in [0.3, 0.4) is 0 Å². The van der Waals surface area contributed by atoms with Crippen LogP contribution in [0.5, 0.6) is 0 Å². The highest BCUT2D eigenvalue weighted by Gasteiger charge is 2.13. The first-order valence-electron chi connectivity index (χ1n) is 5.09. The summed E-state index contributed by atoms with van der Waals surface area (Å²) >= 11 is 0. The standard InChI is InChI=1S/C12H15N3O/c1-3-15(2)12(16)11-6-8-14-9-10(11)5-4-7-13/h6,8-9H,3,7,13H2,1-2H3. The largest absolute Gasteiger partial charge is 0.342 e. The molecule has 0 saturated heterocycles. The average molecular weight is 217 g/mol. The predicted molar refractivity (Wildman–Crippen MR) is 62.8 cm³/mol. The minimum Gasteiger partial charge on any atom is -0.342 e. The number of carbonyl (C=O) groups is 1. The normalized spacial score (nSPS) is 9.19. The summed E-state index contributed by atoms with van der Waals surface area (Å²) in [5, 5.41) is 0. The molecule has 0 bridgehead atoms. The summed E-state index contributed by atoms with van der Waals surface area (Å²) in [7, 11) is 1.75. The summed E-state index contributed by atoms with van der Waals surface area (Å²) in [6.07, 6.45) is 3.17. The molecule has 0 radical (unpaired) electrons. The lowest BCUT2D eigenvalue weighted by atomic mass is 10.1. The fourth-order valence-corrected chi connectivity index (χ4v) is 1.18. The number of hydrogen-bond donors (Lipinski definition) is 1. The van der Waals surface area contributed by atoms with Gasteiger partial charge in [-0.3, -0.25) is 9.78 Å². The van der Waals surface area contributed by atoms with Gasteiger partial charge in [0.15, 0.2) is 0 Å². The molecule has 84 valence electrons. The summed E-state index contributed by atoms with van der Waals surface area (Å²) in [5.74, 6) is 5.52. The Kier molecular flexibility index (Phi) is 4.49. The topological polar surface area (TPSA) is 59.2 Å². The van der Waals surface area contributed by atoms with Crippen molar-refractivity contribution in [3.05, 3.63) is 29.6 Å². The first-order chi connectivity index (χ1) is 7.70. The van der Waals surface area contributed by atoms with E-state index in [-0.39, 0.29) is 12.5 Å². The number of rotatable bonds is 2. The molecule has 1 heterocycles. The van der Waals surface area contributed by atoms with Crippen LogP contribution in [0.4, 0.5) is 0 Å². The van der Waals surface area contributed by atoms with Gasteiger partial charge in [0.1, 0.15) is 0 Å². The van der Waals surface area contributed by atoms with Gasteiger partial charge in [-0.15, -0.1) is 0 Å². The van der Waals surface area contributed by atoms with Gasteiger partial charge in [0.2, 0.25) is 0 Å². The molecule has 1 aromatic rings. The molecule has 2 N–H and O–H groups in total. The number of pyridine rings is 1. The van der Waals surface area contributed by atoms with Crippen molar-refractivity contribution in [2.75, 3.05) is 20.1 Å². The average Bonchev–Trinajstić information content (AvgIpc) is 2.34. The van der Waals surface area contributed by atoms with E-state index in [1.54, 1.807) is 30.4 Å². The van der Waals surface area contributed by atoms with E-state index in [9.17, 15) is 4.79 Å². The molecule has 0 aromatic carbocycles. The molecule has 0 aliphatic carbocycles. The van der Waals surface area contributed by atoms with Gasteiger partial charge < -0.3 is 10.6 Å². The Morgan fingerprint density at radius 2 is 2.38 bits per heavy atom. The number of aromatic nitrogens is 1. The van der Waals surface area contributed by atoms with E-state index in [4.69, 9.17) is 5.73 Å². The number of carbonyl (C=O) groups excluding carboxylic acids is 1. The first-order valence-corrected chi connectivity index (χ1v) is 5.09. The zero-order valence-corrected chi connectivity index (χ0v) is 9.53. The summed E-state index contributed by atoms with van der Waals surface area (Å²) in [6.45, 7) is 2.85. The van der Waals surface area contributed by atoms with Crippen molar-refractivity contribution in [2.24, 2.45) is 5.73 Å². The molecule has 4 heteroatoms. The monoisotopic (exact) mass is 217 g/mol. The van der Waals surface area contributed by atoms with Crippen LogP contribution in [0.1, 0.15) is 22.8 Å². The Balaban J connectivity index is 3.08. The molecule has 0 atom stereocenters. The predicted octanol–water partition coefficient (Wildman–Crippen LogP) is 0.484. The van der Waals surface area contributed by atoms with Gasteiger partial charge in [-0.1, -0.05) is 11.8 Å². The van der Waals surface area contributed by atoms with Gasteiger partial charge in [0.05, 0.1) is 17.7 Å². The molecule has 0 fully saturated rings. The molecule has 0 spiro atoms. The van der Waals surface area contributed by atoms with Gasteiger partial charge in [-0.05, 0) is 13.0 Å². The minimum absolute atomic E-state index is 0.0498. The van der Waals surface area contributed by atoms with E-state index in [0.717, 1.165) is 0 Å². The second kappa shape index (κ2) is 5.89. The molecular formula is C12H15N3O. The summed E-state index contributed by atoms with van der Waals surface area (Å²) in [4.78, 5) is 17.5. The fraction of sp³-hybridized carbons (Fsp3) is 0.333. The Bertz CT molecular complexity index is 431. The lowest BCUT2D eigenvalue weighted by Crippen LogP contribution is -2.27. The molecule has 4 nitrogen and oxygen atoms in total. The molecule has 0 unspecified atom stereocenters. The molecule has 0 saturated carbocycles. The maximum atomic E-state index is 12.0. The summed E-state index contributed by atoms with van der Waals surface area (Å²) in [5.41, 5.74) is 6.49. The van der Waals surface area contributed by atoms with Crippen LogP contribution >= 0.6 is 0 Å². The second-order valence-electron chi connectivity index (χ2n) is 3.25. The van der Waals surface area contributed by atoms with E-state index < -0.39 is 0 Å². The smallest absolute Gasteiger partial charge is 0.254 e. The molecular weight excluding hydrogens is 202 g/mol. The Labute approximate surface area is 95.5 Å². The van der Waals surface area contributed by atoms with E-state index in [2.05, 4.69) is 16.8 Å². The fourth-order valence-electron chi connectivity index (χ4n) is 1.18. The van der Waals surface area contributed by atoms with Gasteiger partial charge in [0, 0.05) is 26.0 Å². The van der Waals surface area contributed by atoms with E-state index in [1.165, 1.54) is 0 Å². The van der Waals surface area contributed by atoms with Gasteiger partial charge in [-0.2, -0.15) is 0 Å². The number of nitrogens with two attached hydrogens (primary N) is 1. The van der Waals surface area contributed by atoms with Crippen molar-refractivity contribution in [3.63, 3.8) is 0 Å². The number of amides is 1. The van der Waals surface area contributed by atoms with Crippen LogP contribution in [0.25, 0.3) is 0 Å². The van der Waals surface area contributed by atoms with Crippen molar-refractivity contribution in [3.8, 4) is 11.8 Å². The highest BCUT2D eigenvalue weighted by atomic mass is 16.2. The molecule has 1 amide bonds. The molecule has 0 aliphatic rings. The van der Waals surface area contributed by atoms with Crippen molar-refractivity contribution < 1.29 is 4.79 Å². The summed E-state index contributed by atoms with van der Waals surface area (Å²) < 4.78 is 0. The van der Waals surface area contributed by atoms with Gasteiger partial charge >= 0.3 is 0 Å². The van der Waals surface area contributed by atoms with Gasteiger partial charge in [0.25, 0.3) is 5.91 Å². The lowest BCUT2D eigenvalue weighted by Gasteiger charge is -2.14. The maximum absolute atomic E-state index is 12.0. The Morgan fingerprint density at radius 3 is 3.00 bits per heavy atom. The third-order valence-corrected chi connectivity index (χ3v) is 2.20. The first kappa shape index (κ1) is 12.2. The lowest BCUT2D eigenvalue weighted by molar-refractivity contribution is 0.0802. The highest BCUT2D eigenvalue weighted by molar-refractivity contribution is 5.96. The zero-order valence-electron chi connectivity index (χ0n) is 9.53. The maximum Gasteiger partial charge on any atom is 0.254 e. The quantitative estimate of drug-likeness (QED) is 0.733. The van der Waals surface area contributed by atoms with Crippen molar-refractivity contribution >= 4 is 5.91 Å². The molecule has 0 aliphatic heterocycles. The van der Waals surface area contributed by atoms with E-state index >= 15 is 0 Å². The number of hydrogen-bond acceptors (Lipinski definition) is 3. The van der Waals surface area contributed by atoms with Crippen LogP contribution in [0.2, 0.25) is 0 Å². The third-order valence-electron chi connectivity index (χ3n) is 2.20. The van der Waals surface area contributed by atoms with Gasteiger partial charge in [-0.25, -0.2) is 0 Å². The van der Waals surface area contributed by atoms with Crippen molar-refractivity contribution in [1.82, 2.24) is 9.88 Å².